The van der Waals surface area contributed by atoms with Crippen molar-refractivity contribution in [2.24, 2.45) is 0 Å². The highest BCUT2D eigenvalue weighted by molar-refractivity contribution is 5.01. The summed E-state index contributed by atoms with van der Waals surface area (Å²) >= 11 is 0. The number of rotatable bonds is 3. The van der Waals surface area contributed by atoms with Gasteiger partial charge in [0.2, 0.25) is 0 Å². The summed E-state index contributed by atoms with van der Waals surface area (Å²) in [6.45, 7) is 8.44. The van der Waals surface area contributed by atoms with Gasteiger partial charge in [-0.1, -0.05) is 6.08 Å². The van der Waals surface area contributed by atoms with Crippen LogP contribution >= 0.6 is 0 Å². The van der Waals surface area contributed by atoms with Gasteiger partial charge in [-0.3, -0.25) is 0 Å². The molecule has 16 heavy (non-hydrogen) atoms. The topological polar surface area (TPSA) is 47.9 Å². The van der Waals surface area contributed by atoms with Crippen molar-refractivity contribution < 1.29 is 19.3 Å². The van der Waals surface area contributed by atoms with Gasteiger partial charge in [0.15, 0.2) is 5.79 Å². The molecule has 2 saturated heterocycles. The Balaban J connectivity index is 2.06. The van der Waals surface area contributed by atoms with Crippen LogP contribution in [0.15, 0.2) is 12.7 Å². The summed E-state index contributed by atoms with van der Waals surface area (Å²) in [5, 5.41) is 10.4. The van der Waals surface area contributed by atoms with Crippen molar-refractivity contribution in [3.05, 3.63) is 12.7 Å². The smallest absolute Gasteiger partial charge is 0.163 e. The molecule has 3 atom stereocenters. The number of aliphatic hydroxyl groups is 1. The molecule has 2 fully saturated rings. The fourth-order valence-electron chi connectivity index (χ4n) is 2.45. The molecule has 2 heterocycles. The van der Waals surface area contributed by atoms with Crippen molar-refractivity contribution in [2.75, 3.05) is 13.2 Å². The second-order valence-electron chi connectivity index (χ2n) is 5.00. The van der Waals surface area contributed by atoms with E-state index in [9.17, 15) is 5.11 Å². The van der Waals surface area contributed by atoms with E-state index < -0.39 is 11.4 Å². The van der Waals surface area contributed by atoms with E-state index in [0.717, 1.165) is 0 Å². The lowest BCUT2D eigenvalue weighted by atomic mass is 9.89. The first-order valence-electron chi connectivity index (χ1n) is 5.73. The first-order valence-corrected chi connectivity index (χ1v) is 5.73. The predicted octanol–water partition coefficient (Wildman–Crippen LogP) is 1.23. The molecule has 4 nitrogen and oxygen atoms in total. The van der Waals surface area contributed by atoms with Gasteiger partial charge in [-0.15, -0.1) is 6.58 Å². The Morgan fingerprint density at radius 1 is 1.50 bits per heavy atom. The predicted molar refractivity (Wildman–Crippen MR) is 59.0 cm³/mol. The van der Waals surface area contributed by atoms with Crippen LogP contribution in [0.4, 0.5) is 0 Å². The molecule has 2 aliphatic heterocycles. The summed E-state index contributed by atoms with van der Waals surface area (Å²) in [6, 6.07) is 0. The van der Waals surface area contributed by atoms with Gasteiger partial charge in [-0.25, -0.2) is 0 Å². The largest absolute Gasteiger partial charge is 0.387 e. The molecule has 0 aromatic rings. The molecule has 0 bridgehead atoms. The zero-order chi connectivity index (χ0) is 11.8. The molecule has 3 unspecified atom stereocenters. The quantitative estimate of drug-likeness (QED) is 0.738. The van der Waals surface area contributed by atoms with E-state index in [4.69, 9.17) is 14.2 Å². The second-order valence-corrected chi connectivity index (χ2v) is 5.00. The van der Waals surface area contributed by atoms with Gasteiger partial charge in [-0.05, 0) is 20.3 Å². The molecular weight excluding hydrogens is 208 g/mol. The maximum atomic E-state index is 10.4. The Bertz CT molecular complexity index is 276. The van der Waals surface area contributed by atoms with E-state index in [1.807, 2.05) is 13.8 Å². The monoisotopic (exact) mass is 228 g/mol. The van der Waals surface area contributed by atoms with Crippen LogP contribution in [0.25, 0.3) is 0 Å². The molecule has 4 heteroatoms. The summed E-state index contributed by atoms with van der Waals surface area (Å²) in [4.78, 5) is 0. The van der Waals surface area contributed by atoms with Crippen LogP contribution in [-0.2, 0) is 14.2 Å². The third kappa shape index (κ3) is 2.15. The van der Waals surface area contributed by atoms with Gasteiger partial charge in [0.05, 0.1) is 18.8 Å². The van der Waals surface area contributed by atoms with E-state index in [2.05, 4.69) is 6.58 Å². The minimum atomic E-state index is -0.851. The zero-order valence-corrected chi connectivity index (χ0v) is 9.94. The average molecular weight is 228 g/mol. The van der Waals surface area contributed by atoms with Crippen LogP contribution in [0.3, 0.4) is 0 Å². The molecule has 0 aromatic heterocycles. The molecule has 1 N–H and O–H groups in total. The first-order chi connectivity index (χ1) is 7.47. The average Bonchev–Trinajstić information content (AvgIpc) is 2.70. The summed E-state index contributed by atoms with van der Waals surface area (Å²) in [7, 11) is 0. The van der Waals surface area contributed by atoms with Crippen LogP contribution < -0.4 is 0 Å². The van der Waals surface area contributed by atoms with Gasteiger partial charge in [0.1, 0.15) is 12.2 Å². The van der Waals surface area contributed by atoms with Crippen LogP contribution in [0.5, 0.6) is 0 Å². The van der Waals surface area contributed by atoms with Crippen molar-refractivity contribution in [3.63, 3.8) is 0 Å². The third-order valence-corrected chi connectivity index (χ3v) is 3.23. The third-order valence-electron chi connectivity index (χ3n) is 3.23. The van der Waals surface area contributed by atoms with E-state index in [-0.39, 0.29) is 12.2 Å². The lowest BCUT2D eigenvalue weighted by Gasteiger charge is -2.31. The Labute approximate surface area is 96.2 Å². The minimum Gasteiger partial charge on any atom is -0.387 e. The molecular formula is C12H20O4. The lowest BCUT2D eigenvalue weighted by molar-refractivity contribution is -0.168. The summed E-state index contributed by atoms with van der Waals surface area (Å²) in [5.74, 6) is -0.578. The Morgan fingerprint density at radius 2 is 2.25 bits per heavy atom. The lowest BCUT2D eigenvalue weighted by Crippen LogP contribution is -2.47. The molecule has 0 amide bonds. The van der Waals surface area contributed by atoms with Gasteiger partial charge in [-0.2, -0.15) is 0 Å². The normalized spacial score (nSPS) is 42.4. The van der Waals surface area contributed by atoms with Crippen LogP contribution in [0, 0.1) is 0 Å². The summed E-state index contributed by atoms with van der Waals surface area (Å²) in [6.07, 6.45) is 2.37. The molecule has 92 valence electrons. The van der Waals surface area contributed by atoms with E-state index >= 15 is 0 Å². The standard InChI is InChI=1S/C12H20O4/c1-4-5-12(13)6-7-14-10(12)9-8-15-11(2,3)16-9/h4,9-10,13H,1,5-8H2,2-3H3. The van der Waals surface area contributed by atoms with Crippen molar-refractivity contribution in [1.82, 2.24) is 0 Å². The second kappa shape index (κ2) is 4.11. The van der Waals surface area contributed by atoms with Gasteiger partial charge in [0, 0.05) is 6.42 Å². The molecule has 0 radical (unpaired) electrons. The Hall–Kier alpha value is -0.420. The number of hydrogen-bond acceptors (Lipinski definition) is 4. The molecule has 2 rings (SSSR count). The van der Waals surface area contributed by atoms with Crippen LogP contribution in [0.1, 0.15) is 26.7 Å². The van der Waals surface area contributed by atoms with Gasteiger partial charge < -0.3 is 19.3 Å². The van der Waals surface area contributed by atoms with E-state index in [0.29, 0.717) is 26.1 Å². The Morgan fingerprint density at radius 3 is 2.81 bits per heavy atom. The molecule has 0 spiro atoms. The minimum absolute atomic E-state index is 0.192. The summed E-state index contributed by atoms with van der Waals surface area (Å²) < 4.78 is 16.8. The SMILES string of the molecule is C=CCC1(O)CCOC1C1COC(C)(C)O1. The highest BCUT2D eigenvalue weighted by atomic mass is 16.8. The Kier molecular flexibility index (Phi) is 3.09. The molecule has 0 saturated carbocycles. The molecule has 0 aliphatic carbocycles. The molecule has 2 aliphatic rings. The van der Waals surface area contributed by atoms with Crippen LogP contribution in [-0.4, -0.2) is 41.9 Å². The van der Waals surface area contributed by atoms with Crippen molar-refractivity contribution in [2.45, 2.75) is 50.3 Å². The first kappa shape index (κ1) is 12.0. The van der Waals surface area contributed by atoms with Gasteiger partial charge in [0.25, 0.3) is 0 Å². The highest BCUT2D eigenvalue weighted by Crippen LogP contribution is 2.36. The van der Waals surface area contributed by atoms with E-state index in [1.165, 1.54) is 0 Å². The highest BCUT2D eigenvalue weighted by Gasteiger charge is 2.50. The zero-order valence-electron chi connectivity index (χ0n) is 9.94. The van der Waals surface area contributed by atoms with E-state index in [1.54, 1.807) is 6.08 Å². The summed E-state index contributed by atoms with van der Waals surface area (Å²) in [5.41, 5.74) is -0.851. The fourth-order valence-corrected chi connectivity index (χ4v) is 2.45. The fraction of sp³-hybridized carbons (Fsp3) is 0.833. The van der Waals surface area contributed by atoms with Crippen molar-refractivity contribution in [1.29, 1.82) is 0 Å². The number of hydrogen-bond donors (Lipinski definition) is 1. The number of ether oxygens (including phenoxy) is 3. The van der Waals surface area contributed by atoms with Crippen molar-refractivity contribution in [3.8, 4) is 0 Å². The van der Waals surface area contributed by atoms with Crippen LogP contribution in [0.2, 0.25) is 0 Å². The molecule has 0 aromatic carbocycles. The van der Waals surface area contributed by atoms with Gasteiger partial charge >= 0.3 is 0 Å². The maximum Gasteiger partial charge on any atom is 0.163 e. The van der Waals surface area contributed by atoms with Crippen molar-refractivity contribution >= 4 is 0 Å². The maximum absolute atomic E-state index is 10.4.